The standard InChI is InChI=1S/C26H24N2O3/c1-17-16-18(13-14-21(17)28-15-7-6-12-24(28)29)27-26(30)25-19-8-2-4-10-22(19)31-23-11-5-3-9-20(23)25/h2-5,8-11,13-14,16,25H,6-7,12,15H2,1H3,(H,27,30). The zero-order valence-corrected chi connectivity index (χ0v) is 17.4. The smallest absolute Gasteiger partial charge is 0.236 e. The van der Waals surface area contributed by atoms with Crippen molar-refractivity contribution in [3.8, 4) is 11.5 Å². The molecule has 0 bridgehead atoms. The molecule has 2 aliphatic heterocycles. The molecule has 2 aliphatic rings. The molecule has 31 heavy (non-hydrogen) atoms. The van der Waals surface area contributed by atoms with Crippen LogP contribution in [0.25, 0.3) is 0 Å². The highest BCUT2D eigenvalue weighted by molar-refractivity contribution is 6.00. The first kappa shape index (κ1) is 19.4. The summed E-state index contributed by atoms with van der Waals surface area (Å²) in [5, 5.41) is 3.08. The molecule has 0 radical (unpaired) electrons. The summed E-state index contributed by atoms with van der Waals surface area (Å²) in [6.45, 7) is 2.73. The highest BCUT2D eigenvalue weighted by Crippen LogP contribution is 2.44. The molecule has 5 nitrogen and oxygen atoms in total. The number of hydrogen-bond acceptors (Lipinski definition) is 3. The van der Waals surface area contributed by atoms with Crippen molar-refractivity contribution in [2.75, 3.05) is 16.8 Å². The first-order valence-electron chi connectivity index (χ1n) is 10.7. The molecule has 0 saturated carbocycles. The predicted molar refractivity (Wildman–Crippen MR) is 121 cm³/mol. The topological polar surface area (TPSA) is 58.6 Å². The van der Waals surface area contributed by atoms with Crippen molar-refractivity contribution >= 4 is 23.2 Å². The highest BCUT2D eigenvalue weighted by Gasteiger charge is 2.32. The van der Waals surface area contributed by atoms with Gasteiger partial charge in [0.2, 0.25) is 11.8 Å². The Morgan fingerprint density at radius 3 is 2.29 bits per heavy atom. The quantitative estimate of drug-likeness (QED) is 0.628. The van der Waals surface area contributed by atoms with Crippen molar-refractivity contribution in [1.82, 2.24) is 0 Å². The first-order valence-corrected chi connectivity index (χ1v) is 10.7. The summed E-state index contributed by atoms with van der Waals surface area (Å²) in [6, 6.07) is 21.1. The molecule has 156 valence electrons. The second kappa shape index (κ2) is 7.91. The second-order valence-electron chi connectivity index (χ2n) is 8.10. The number of anilines is 2. The number of carbonyl (C=O) groups is 2. The number of para-hydroxylation sites is 2. The van der Waals surface area contributed by atoms with Crippen molar-refractivity contribution in [3.05, 3.63) is 83.4 Å². The highest BCUT2D eigenvalue weighted by atomic mass is 16.5. The maximum Gasteiger partial charge on any atom is 0.236 e. The molecular formula is C26H24N2O3. The molecule has 2 heterocycles. The largest absolute Gasteiger partial charge is 0.457 e. The number of rotatable bonds is 3. The summed E-state index contributed by atoms with van der Waals surface area (Å²) in [4.78, 5) is 27.6. The van der Waals surface area contributed by atoms with Crippen LogP contribution in [0.4, 0.5) is 11.4 Å². The van der Waals surface area contributed by atoms with Crippen LogP contribution in [-0.4, -0.2) is 18.4 Å². The Labute approximate surface area is 181 Å². The van der Waals surface area contributed by atoms with Gasteiger partial charge >= 0.3 is 0 Å². The summed E-state index contributed by atoms with van der Waals surface area (Å²) in [7, 11) is 0. The van der Waals surface area contributed by atoms with Crippen LogP contribution < -0.4 is 15.0 Å². The van der Waals surface area contributed by atoms with Crippen LogP contribution >= 0.6 is 0 Å². The molecule has 2 amide bonds. The average Bonchev–Trinajstić information content (AvgIpc) is 2.78. The minimum absolute atomic E-state index is 0.107. The lowest BCUT2D eigenvalue weighted by Crippen LogP contribution is -2.35. The number of ether oxygens (including phenoxy) is 1. The van der Waals surface area contributed by atoms with Gasteiger partial charge in [0.1, 0.15) is 11.5 Å². The lowest BCUT2D eigenvalue weighted by molar-refractivity contribution is -0.119. The van der Waals surface area contributed by atoms with Gasteiger partial charge in [0.05, 0.1) is 5.92 Å². The van der Waals surface area contributed by atoms with Crippen LogP contribution in [0.1, 0.15) is 41.9 Å². The maximum atomic E-state index is 13.4. The van der Waals surface area contributed by atoms with Gasteiger partial charge in [0.25, 0.3) is 0 Å². The van der Waals surface area contributed by atoms with Crippen molar-refractivity contribution in [2.45, 2.75) is 32.1 Å². The third kappa shape index (κ3) is 3.56. The fourth-order valence-electron chi connectivity index (χ4n) is 4.50. The summed E-state index contributed by atoms with van der Waals surface area (Å²) >= 11 is 0. The van der Waals surface area contributed by atoms with Crippen LogP contribution in [0.15, 0.2) is 66.7 Å². The van der Waals surface area contributed by atoms with Gasteiger partial charge in [-0.1, -0.05) is 36.4 Å². The summed E-state index contributed by atoms with van der Waals surface area (Å²) < 4.78 is 6.00. The van der Waals surface area contributed by atoms with E-state index in [-0.39, 0.29) is 11.8 Å². The van der Waals surface area contributed by atoms with E-state index in [1.54, 1.807) is 0 Å². The Morgan fingerprint density at radius 1 is 0.968 bits per heavy atom. The van der Waals surface area contributed by atoms with Gasteiger partial charge in [-0.25, -0.2) is 0 Å². The summed E-state index contributed by atoms with van der Waals surface area (Å²) in [5.41, 5.74) is 4.32. The molecule has 1 N–H and O–H groups in total. The van der Waals surface area contributed by atoms with E-state index in [1.165, 1.54) is 0 Å². The predicted octanol–water partition coefficient (Wildman–Crippen LogP) is 5.39. The molecule has 5 heteroatoms. The van der Waals surface area contributed by atoms with E-state index in [2.05, 4.69) is 5.32 Å². The van der Waals surface area contributed by atoms with Crippen LogP contribution in [0.5, 0.6) is 11.5 Å². The number of hydrogen-bond donors (Lipinski definition) is 1. The fraction of sp³-hybridized carbons (Fsp3) is 0.231. The molecule has 0 atom stereocenters. The molecule has 3 aromatic carbocycles. The van der Waals surface area contributed by atoms with Crippen molar-refractivity contribution in [3.63, 3.8) is 0 Å². The van der Waals surface area contributed by atoms with Gasteiger partial charge in [-0.3, -0.25) is 9.59 Å². The third-order valence-electron chi connectivity index (χ3n) is 6.02. The van der Waals surface area contributed by atoms with Gasteiger partial charge in [-0.2, -0.15) is 0 Å². The average molecular weight is 412 g/mol. The van der Waals surface area contributed by atoms with E-state index in [4.69, 9.17) is 4.74 Å². The number of nitrogens with zero attached hydrogens (tertiary/aromatic N) is 1. The summed E-state index contributed by atoms with van der Waals surface area (Å²) in [5.74, 6) is 1.02. The van der Waals surface area contributed by atoms with E-state index in [0.29, 0.717) is 17.9 Å². The van der Waals surface area contributed by atoms with Gasteiger partial charge < -0.3 is 15.0 Å². The number of benzene rings is 3. The lowest BCUT2D eigenvalue weighted by Gasteiger charge is -2.29. The Kier molecular flexibility index (Phi) is 4.94. The minimum atomic E-state index is -0.454. The molecule has 0 spiro atoms. The molecular weight excluding hydrogens is 388 g/mol. The Bertz CT molecular complexity index is 1130. The fourth-order valence-corrected chi connectivity index (χ4v) is 4.50. The third-order valence-corrected chi connectivity index (χ3v) is 6.02. The van der Waals surface area contributed by atoms with Gasteiger partial charge in [-0.05, 0) is 55.7 Å². The molecule has 5 rings (SSSR count). The number of piperidine rings is 1. The van der Waals surface area contributed by atoms with Crippen molar-refractivity contribution in [1.29, 1.82) is 0 Å². The Morgan fingerprint density at radius 2 is 1.65 bits per heavy atom. The van der Waals surface area contributed by atoms with E-state index < -0.39 is 5.92 Å². The number of amides is 2. The Balaban J connectivity index is 1.43. The summed E-state index contributed by atoms with van der Waals surface area (Å²) in [6.07, 6.45) is 2.57. The van der Waals surface area contributed by atoms with E-state index >= 15 is 0 Å². The monoisotopic (exact) mass is 412 g/mol. The van der Waals surface area contributed by atoms with Gasteiger partial charge in [0.15, 0.2) is 0 Å². The molecule has 1 fully saturated rings. The number of carbonyl (C=O) groups excluding carboxylic acids is 2. The normalized spacial score (nSPS) is 15.6. The maximum absolute atomic E-state index is 13.4. The Hall–Kier alpha value is -3.60. The van der Waals surface area contributed by atoms with Crippen molar-refractivity contribution < 1.29 is 14.3 Å². The van der Waals surface area contributed by atoms with Crippen LogP contribution in [-0.2, 0) is 9.59 Å². The van der Waals surface area contributed by atoms with E-state index in [9.17, 15) is 9.59 Å². The lowest BCUT2D eigenvalue weighted by atomic mass is 9.87. The van der Waals surface area contributed by atoms with Crippen LogP contribution in [0.3, 0.4) is 0 Å². The van der Waals surface area contributed by atoms with E-state index in [0.717, 1.165) is 47.5 Å². The SMILES string of the molecule is Cc1cc(NC(=O)C2c3ccccc3Oc3ccccc32)ccc1N1CCCCC1=O. The molecule has 1 saturated heterocycles. The number of nitrogens with one attached hydrogen (secondary N) is 1. The van der Waals surface area contributed by atoms with Gasteiger partial charge in [-0.15, -0.1) is 0 Å². The number of fused-ring (bicyclic) bond motifs is 2. The first-order chi connectivity index (χ1) is 15.1. The zero-order chi connectivity index (χ0) is 21.4. The van der Waals surface area contributed by atoms with Crippen molar-refractivity contribution in [2.24, 2.45) is 0 Å². The number of aryl methyl sites for hydroxylation is 1. The minimum Gasteiger partial charge on any atom is -0.457 e. The zero-order valence-electron chi connectivity index (χ0n) is 17.4. The molecule has 0 unspecified atom stereocenters. The molecule has 0 aliphatic carbocycles. The van der Waals surface area contributed by atoms with E-state index in [1.807, 2.05) is 78.6 Å². The van der Waals surface area contributed by atoms with Crippen LogP contribution in [0, 0.1) is 6.92 Å². The molecule has 3 aromatic rings. The molecule has 0 aromatic heterocycles. The second-order valence-corrected chi connectivity index (χ2v) is 8.10. The van der Waals surface area contributed by atoms with Gasteiger partial charge in [0, 0.05) is 35.5 Å². The van der Waals surface area contributed by atoms with Crippen LogP contribution in [0.2, 0.25) is 0 Å².